The van der Waals surface area contributed by atoms with Crippen LogP contribution in [0.3, 0.4) is 0 Å². The summed E-state index contributed by atoms with van der Waals surface area (Å²) < 4.78 is 0. The van der Waals surface area contributed by atoms with Crippen LogP contribution in [0.4, 0.5) is 0 Å². The second-order valence-electron chi connectivity index (χ2n) is 5.06. The lowest BCUT2D eigenvalue weighted by atomic mass is 10.1. The first-order chi connectivity index (χ1) is 10.0. The fraction of sp³-hybridized carbons (Fsp3) is 0.467. The molecule has 2 amide bonds. The molecule has 0 radical (unpaired) electrons. The number of hydrogen-bond donors (Lipinski definition) is 3. The van der Waals surface area contributed by atoms with Crippen molar-refractivity contribution in [3.8, 4) is 0 Å². The molecule has 0 aromatic heterocycles. The molecule has 0 bridgehead atoms. The van der Waals surface area contributed by atoms with Crippen LogP contribution in [-0.4, -0.2) is 57.5 Å². The highest BCUT2D eigenvalue weighted by molar-refractivity contribution is 5.94. The zero-order valence-electron chi connectivity index (χ0n) is 12.9. The predicted octanol–water partition coefficient (Wildman–Crippen LogP) is -0.186. The maximum atomic E-state index is 11.9. The molecule has 0 aliphatic heterocycles. The molecule has 0 unspecified atom stereocenters. The van der Waals surface area contributed by atoms with Crippen molar-refractivity contribution in [2.45, 2.75) is 6.54 Å². The molecule has 116 valence electrons. The lowest BCUT2D eigenvalue weighted by molar-refractivity contribution is -0.120. The van der Waals surface area contributed by atoms with Gasteiger partial charge in [0.25, 0.3) is 5.91 Å². The zero-order chi connectivity index (χ0) is 15.7. The average Bonchev–Trinajstić information content (AvgIpc) is 2.45. The maximum Gasteiger partial charge on any atom is 0.251 e. The second-order valence-corrected chi connectivity index (χ2v) is 5.06. The summed E-state index contributed by atoms with van der Waals surface area (Å²) in [6, 6.07) is 7.23. The van der Waals surface area contributed by atoms with Crippen molar-refractivity contribution in [1.82, 2.24) is 20.9 Å². The van der Waals surface area contributed by atoms with Gasteiger partial charge in [0.05, 0.1) is 6.54 Å². The van der Waals surface area contributed by atoms with Gasteiger partial charge in [0, 0.05) is 25.2 Å². The molecule has 0 aliphatic rings. The van der Waals surface area contributed by atoms with E-state index in [1.54, 1.807) is 19.2 Å². The predicted molar refractivity (Wildman–Crippen MR) is 83.1 cm³/mol. The second kappa shape index (κ2) is 9.10. The van der Waals surface area contributed by atoms with Gasteiger partial charge in [0.2, 0.25) is 5.91 Å². The van der Waals surface area contributed by atoms with Gasteiger partial charge >= 0.3 is 0 Å². The molecule has 1 aromatic carbocycles. The Balaban J connectivity index is 2.42. The van der Waals surface area contributed by atoms with Gasteiger partial charge in [-0.1, -0.05) is 12.1 Å². The van der Waals surface area contributed by atoms with Gasteiger partial charge in [-0.25, -0.2) is 0 Å². The van der Waals surface area contributed by atoms with Crippen LogP contribution < -0.4 is 16.0 Å². The minimum absolute atomic E-state index is 0.0528. The number of carbonyl (C=O) groups is 2. The van der Waals surface area contributed by atoms with E-state index in [2.05, 4.69) is 16.0 Å². The molecule has 0 atom stereocenters. The van der Waals surface area contributed by atoms with Gasteiger partial charge in [-0.15, -0.1) is 0 Å². The molecule has 0 saturated heterocycles. The zero-order valence-corrected chi connectivity index (χ0v) is 12.9. The number of amides is 2. The number of benzene rings is 1. The first-order valence-electron chi connectivity index (χ1n) is 6.96. The van der Waals surface area contributed by atoms with E-state index in [9.17, 15) is 9.59 Å². The topological polar surface area (TPSA) is 73.5 Å². The third-order valence-corrected chi connectivity index (χ3v) is 2.89. The van der Waals surface area contributed by atoms with Gasteiger partial charge < -0.3 is 20.9 Å². The van der Waals surface area contributed by atoms with Crippen LogP contribution in [0, 0.1) is 0 Å². The highest BCUT2D eigenvalue weighted by atomic mass is 16.2. The molecule has 0 spiro atoms. The lowest BCUT2D eigenvalue weighted by Crippen LogP contribution is -2.32. The van der Waals surface area contributed by atoms with E-state index in [1.165, 1.54) is 0 Å². The van der Waals surface area contributed by atoms with E-state index < -0.39 is 0 Å². The quantitative estimate of drug-likeness (QED) is 0.621. The first-order valence-corrected chi connectivity index (χ1v) is 6.96. The largest absolute Gasteiger partial charge is 0.351 e. The molecular formula is C15H24N4O2. The fourth-order valence-electron chi connectivity index (χ4n) is 1.69. The van der Waals surface area contributed by atoms with Crippen LogP contribution in [0.25, 0.3) is 0 Å². The Morgan fingerprint density at radius 3 is 2.33 bits per heavy atom. The summed E-state index contributed by atoms with van der Waals surface area (Å²) in [5, 5.41) is 8.43. The molecule has 6 nitrogen and oxygen atoms in total. The van der Waals surface area contributed by atoms with Gasteiger partial charge in [0.15, 0.2) is 0 Å². The van der Waals surface area contributed by atoms with Crippen molar-refractivity contribution in [1.29, 1.82) is 0 Å². The van der Waals surface area contributed by atoms with Crippen molar-refractivity contribution < 1.29 is 9.59 Å². The van der Waals surface area contributed by atoms with Crippen molar-refractivity contribution in [2.24, 2.45) is 0 Å². The molecule has 1 aromatic rings. The summed E-state index contributed by atoms with van der Waals surface area (Å²) in [7, 11) is 5.65. The van der Waals surface area contributed by atoms with E-state index in [0.717, 1.165) is 12.1 Å². The summed E-state index contributed by atoms with van der Waals surface area (Å²) >= 11 is 0. The van der Waals surface area contributed by atoms with E-state index >= 15 is 0 Å². The summed E-state index contributed by atoms with van der Waals surface area (Å²) in [5.41, 5.74) is 1.59. The van der Waals surface area contributed by atoms with E-state index in [4.69, 9.17) is 0 Å². The molecule has 0 saturated carbocycles. The van der Waals surface area contributed by atoms with Gasteiger partial charge in [-0.05, 0) is 38.8 Å². The number of carbonyl (C=O) groups excluding carboxylic acids is 2. The van der Waals surface area contributed by atoms with Crippen LogP contribution in [0.5, 0.6) is 0 Å². The SMILES string of the molecule is CNCC(=O)NCc1ccc(C(=O)NCCN(C)C)cc1. The Morgan fingerprint density at radius 1 is 1.10 bits per heavy atom. The number of nitrogens with zero attached hydrogens (tertiary/aromatic N) is 1. The number of hydrogen-bond acceptors (Lipinski definition) is 4. The molecule has 0 aliphatic carbocycles. The number of rotatable bonds is 8. The smallest absolute Gasteiger partial charge is 0.251 e. The summed E-state index contributed by atoms with van der Waals surface area (Å²) in [6.45, 7) is 2.18. The Labute approximate surface area is 125 Å². The van der Waals surface area contributed by atoms with Crippen LogP contribution >= 0.6 is 0 Å². The molecule has 0 heterocycles. The van der Waals surface area contributed by atoms with Crippen molar-refractivity contribution >= 4 is 11.8 Å². The van der Waals surface area contributed by atoms with Crippen molar-refractivity contribution in [3.05, 3.63) is 35.4 Å². The number of likely N-dealkylation sites (N-methyl/N-ethyl adjacent to an activating group) is 2. The minimum atomic E-state index is -0.0809. The van der Waals surface area contributed by atoms with Crippen molar-refractivity contribution in [3.63, 3.8) is 0 Å². The molecule has 0 fully saturated rings. The van der Waals surface area contributed by atoms with E-state index in [-0.39, 0.29) is 11.8 Å². The Hall–Kier alpha value is -1.92. The summed E-state index contributed by atoms with van der Waals surface area (Å²) in [4.78, 5) is 25.2. The summed E-state index contributed by atoms with van der Waals surface area (Å²) in [5.74, 6) is -0.134. The van der Waals surface area contributed by atoms with Crippen molar-refractivity contribution in [2.75, 3.05) is 40.8 Å². The first kappa shape index (κ1) is 17.1. The van der Waals surface area contributed by atoms with Crippen LogP contribution in [0.2, 0.25) is 0 Å². The Kier molecular flexibility index (Phi) is 7.42. The van der Waals surface area contributed by atoms with Gasteiger partial charge in [-0.3, -0.25) is 9.59 Å². The fourth-order valence-corrected chi connectivity index (χ4v) is 1.69. The Bertz CT molecular complexity index is 457. The lowest BCUT2D eigenvalue weighted by Gasteiger charge is -2.10. The third-order valence-electron chi connectivity index (χ3n) is 2.89. The average molecular weight is 292 g/mol. The van der Waals surface area contributed by atoms with E-state index in [0.29, 0.717) is 25.2 Å². The third kappa shape index (κ3) is 6.87. The summed E-state index contributed by atoms with van der Waals surface area (Å²) in [6.07, 6.45) is 0. The normalized spacial score (nSPS) is 10.5. The van der Waals surface area contributed by atoms with Crippen LogP contribution in [-0.2, 0) is 11.3 Å². The molecule has 21 heavy (non-hydrogen) atoms. The molecule has 3 N–H and O–H groups in total. The highest BCUT2D eigenvalue weighted by Crippen LogP contribution is 2.04. The van der Waals surface area contributed by atoms with Gasteiger partial charge in [0.1, 0.15) is 0 Å². The van der Waals surface area contributed by atoms with Crippen LogP contribution in [0.1, 0.15) is 15.9 Å². The Morgan fingerprint density at radius 2 is 1.76 bits per heavy atom. The molecule has 1 rings (SSSR count). The monoisotopic (exact) mass is 292 g/mol. The highest BCUT2D eigenvalue weighted by Gasteiger charge is 2.05. The molecule has 6 heteroatoms. The standard InChI is InChI=1S/C15H24N4O2/c1-16-11-14(20)18-10-12-4-6-13(7-5-12)15(21)17-8-9-19(2)3/h4-7,16H,8-11H2,1-3H3,(H,17,21)(H,18,20). The minimum Gasteiger partial charge on any atom is -0.351 e. The maximum absolute atomic E-state index is 11.9. The van der Waals surface area contributed by atoms with Crippen LogP contribution in [0.15, 0.2) is 24.3 Å². The molecular weight excluding hydrogens is 268 g/mol. The van der Waals surface area contributed by atoms with Gasteiger partial charge in [-0.2, -0.15) is 0 Å². The van der Waals surface area contributed by atoms with E-state index in [1.807, 2.05) is 31.1 Å². The number of nitrogens with one attached hydrogen (secondary N) is 3.